The third kappa shape index (κ3) is 3.17. The summed E-state index contributed by atoms with van der Waals surface area (Å²) in [6.07, 6.45) is 3.14. The van der Waals surface area contributed by atoms with Gasteiger partial charge in [-0.25, -0.2) is 4.98 Å². The first-order chi connectivity index (χ1) is 8.15. The van der Waals surface area contributed by atoms with Gasteiger partial charge in [0, 0.05) is 4.47 Å². The SMILES string of the molecule is Cc1cc(Br)ccc1OCc1cnc(N)cn1. The minimum Gasteiger partial charge on any atom is -0.487 e. The van der Waals surface area contributed by atoms with Gasteiger partial charge in [-0.3, -0.25) is 4.98 Å². The van der Waals surface area contributed by atoms with E-state index in [4.69, 9.17) is 10.5 Å². The number of nitrogens with two attached hydrogens (primary N) is 1. The molecule has 0 saturated carbocycles. The fraction of sp³-hybridized carbons (Fsp3) is 0.167. The molecule has 1 aromatic carbocycles. The molecule has 2 N–H and O–H groups in total. The van der Waals surface area contributed by atoms with E-state index in [1.807, 2.05) is 25.1 Å². The van der Waals surface area contributed by atoms with Gasteiger partial charge in [-0.1, -0.05) is 15.9 Å². The number of aromatic nitrogens is 2. The summed E-state index contributed by atoms with van der Waals surface area (Å²) in [6, 6.07) is 5.87. The third-order valence-corrected chi connectivity index (χ3v) is 2.73. The smallest absolute Gasteiger partial charge is 0.141 e. The van der Waals surface area contributed by atoms with Crippen molar-refractivity contribution in [1.82, 2.24) is 9.97 Å². The molecule has 1 heterocycles. The monoisotopic (exact) mass is 293 g/mol. The standard InChI is InChI=1S/C12H12BrN3O/c1-8-4-9(13)2-3-11(8)17-7-10-5-16-12(14)6-15-10/h2-6H,7H2,1H3,(H2,14,16). The second-order valence-electron chi connectivity index (χ2n) is 3.63. The number of hydrogen-bond donors (Lipinski definition) is 1. The summed E-state index contributed by atoms with van der Waals surface area (Å²) < 4.78 is 6.69. The van der Waals surface area contributed by atoms with E-state index in [0.717, 1.165) is 21.5 Å². The van der Waals surface area contributed by atoms with Crippen molar-refractivity contribution in [2.24, 2.45) is 0 Å². The molecule has 17 heavy (non-hydrogen) atoms. The fourth-order valence-corrected chi connectivity index (χ4v) is 1.84. The van der Waals surface area contributed by atoms with E-state index in [2.05, 4.69) is 25.9 Å². The maximum absolute atomic E-state index is 5.65. The van der Waals surface area contributed by atoms with E-state index in [-0.39, 0.29) is 0 Å². The predicted molar refractivity (Wildman–Crippen MR) is 69.7 cm³/mol. The molecule has 0 bridgehead atoms. The first kappa shape index (κ1) is 11.9. The van der Waals surface area contributed by atoms with Crippen molar-refractivity contribution in [3.05, 3.63) is 46.3 Å². The molecule has 0 unspecified atom stereocenters. The Kier molecular flexibility index (Phi) is 3.58. The quantitative estimate of drug-likeness (QED) is 0.945. The van der Waals surface area contributed by atoms with E-state index < -0.39 is 0 Å². The number of hydrogen-bond acceptors (Lipinski definition) is 4. The lowest BCUT2D eigenvalue weighted by Gasteiger charge is -2.08. The number of benzene rings is 1. The number of nitrogen functional groups attached to an aromatic ring is 1. The van der Waals surface area contributed by atoms with E-state index in [9.17, 15) is 0 Å². The molecule has 4 nitrogen and oxygen atoms in total. The molecule has 5 heteroatoms. The molecule has 0 aliphatic carbocycles. The molecule has 0 atom stereocenters. The van der Waals surface area contributed by atoms with Crippen LogP contribution in [0.25, 0.3) is 0 Å². The highest BCUT2D eigenvalue weighted by Crippen LogP contribution is 2.22. The van der Waals surface area contributed by atoms with Gasteiger partial charge in [-0.15, -0.1) is 0 Å². The van der Waals surface area contributed by atoms with Gasteiger partial charge < -0.3 is 10.5 Å². The van der Waals surface area contributed by atoms with Gasteiger partial charge in [0.1, 0.15) is 18.2 Å². The Morgan fingerprint density at radius 3 is 2.76 bits per heavy atom. The van der Waals surface area contributed by atoms with Crippen LogP contribution in [0.15, 0.2) is 35.1 Å². The third-order valence-electron chi connectivity index (χ3n) is 2.24. The zero-order valence-electron chi connectivity index (χ0n) is 9.35. The summed E-state index contributed by atoms with van der Waals surface area (Å²) >= 11 is 3.41. The summed E-state index contributed by atoms with van der Waals surface area (Å²) in [4.78, 5) is 8.07. The van der Waals surface area contributed by atoms with Gasteiger partial charge in [0.25, 0.3) is 0 Å². The van der Waals surface area contributed by atoms with Gasteiger partial charge in [-0.2, -0.15) is 0 Å². The molecular weight excluding hydrogens is 282 g/mol. The number of ether oxygens (including phenoxy) is 1. The van der Waals surface area contributed by atoms with Gasteiger partial charge in [0.15, 0.2) is 0 Å². The van der Waals surface area contributed by atoms with Crippen LogP contribution in [0.5, 0.6) is 5.75 Å². The topological polar surface area (TPSA) is 61.0 Å². The summed E-state index contributed by atoms with van der Waals surface area (Å²) in [6.45, 7) is 2.38. The lowest BCUT2D eigenvalue weighted by atomic mass is 10.2. The molecule has 2 rings (SSSR count). The Labute approximate surface area is 108 Å². The minimum atomic E-state index is 0.385. The maximum Gasteiger partial charge on any atom is 0.141 e. The molecule has 0 spiro atoms. The zero-order valence-corrected chi connectivity index (χ0v) is 10.9. The van der Waals surface area contributed by atoms with Crippen LogP contribution in [0.2, 0.25) is 0 Å². The van der Waals surface area contributed by atoms with Gasteiger partial charge in [0.05, 0.1) is 18.1 Å². The van der Waals surface area contributed by atoms with Gasteiger partial charge in [0.2, 0.25) is 0 Å². The number of halogens is 1. The second kappa shape index (κ2) is 5.14. The van der Waals surface area contributed by atoms with Crippen LogP contribution in [0.4, 0.5) is 5.82 Å². The molecule has 0 amide bonds. The van der Waals surface area contributed by atoms with E-state index in [1.165, 1.54) is 6.20 Å². The van der Waals surface area contributed by atoms with Crippen molar-refractivity contribution in [1.29, 1.82) is 0 Å². The number of nitrogens with zero attached hydrogens (tertiary/aromatic N) is 2. The van der Waals surface area contributed by atoms with E-state index >= 15 is 0 Å². The Morgan fingerprint density at radius 1 is 1.29 bits per heavy atom. The molecule has 0 fully saturated rings. The number of rotatable bonds is 3. The summed E-state index contributed by atoms with van der Waals surface area (Å²) in [5.41, 5.74) is 7.28. The first-order valence-corrected chi connectivity index (χ1v) is 5.90. The largest absolute Gasteiger partial charge is 0.487 e. The highest BCUT2D eigenvalue weighted by atomic mass is 79.9. The molecule has 0 saturated heterocycles. The van der Waals surface area contributed by atoms with Crippen LogP contribution in [0, 0.1) is 6.92 Å². The van der Waals surface area contributed by atoms with Crippen LogP contribution in [0.3, 0.4) is 0 Å². The first-order valence-electron chi connectivity index (χ1n) is 5.10. The highest BCUT2D eigenvalue weighted by molar-refractivity contribution is 9.10. The average Bonchev–Trinajstić information content (AvgIpc) is 2.30. The Hall–Kier alpha value is -1.62. The molecule has 0 radical (unpaired) electrons. The molecule has 2 aromatic rings. The Morgan fingerprint density at radius 2 is 2.12 bits per heavy atom. The summed E-state index contributed by atoms with van der Waals surface area (Å²) in [5.74, 6) is 1.25. The lowest BCUT2D eigenvalue weighted by Crippen LogP contribution is -2.01. The van der Waals surface area contributed by atoms with Crippen molar-refractivity contribution in [3.63, 3.8) is 0 Å². The maximum atomic E-state index is 5.65. The molecule has 0 aliphatic heterocycles. The number of aryl methyl sites for hydroxylation is 1. The molecular formula is C12H12BrN3O. The van der Waals surface area contributed by atoms with Crippen LogP contribution >= 0.6 is 15.9 Å². The summed E-state index contributed by atoms with van der Waals surface area (Å²) in [7, 11) is 0. The number of anilines is 1. The van der Waals surface area contributed by atoms with Crippen molar-refractivity contribution >= 4 is 21.7 Å². The molecule has 1 aromatic heterocycles. The normalized spacial score (nSPS) is 10.2. The minimum absolute atomic E-state index is 0.385. The second-order valence-corrected chi connectivity index (χ2v) is 4.55. The van der Waals surface area contributed by atoms with Crippen molar-refractivity contribution < 1.29 is 4.74 Å². The van der Waals surface area contributed by atoms with E-state index in [0.29, 0.717) is 12.4 Å². The van der Waals surface area contributed by atoms with Crippen molar-refractivity contribution in [2.75, 3.05) is 5.73 Å². The van der Waals surface area contributed by atoms with Crippen LogP contribution < -0.4 is 10.5 Å². The van der Waals surface area contributed by atoms with Gasteiger partial charge in [-0.05, 0) is 30.7 Å². The van der Waals surface area contributed by atoms with Gasteiger partial charge >= 0.3 is 0 Å². The Balaban J connectivity index is 2.04. The van der Waals surface area contributed by atoms with E-state index in [1.54, 1.807) is 6.20 Å². The average molecular weight is 294 g/mol. The zero-order chi connectivity index (χ0) is 12.3. The highest BCUT2D eigenvalue weighted by Gasteiger charge is 2.01. The van der Waals surface area contributed by atoms with Crippen LogP contribution in [-0.4, -0.2) is 9.97 Å². The van der Waals surface area contributed by atoms with Crippen LogP contribution in [0.1, 0.15) is 11.3 Å². The molecule has 88 valence electrons. The van der Waals surface area contributed by atoms with Crippen LogP contribution in [-0.2, 0) is 6.61 Å². The molecule has 0 aliphatic rings. The lowest BCUT2D eigenvalue weighted by molar-refractivity contribution is 0.298. The van der Waals surface area contributed by atoms with Crippen molar-refractivity contribution in [2.45, 2.75) is 13.5 Å². The fourth-order valence-electron chi connectivity index (χ4n) is 1.37. The van der Waals surface area contributed by atoms with Crippen molar-refractivity contribution in [3.8, 4) is 5.75 Å². The Bertz CT molecular complexity index is 514. The summed E-state index contributed by atoms with van der Waals surface area (Å²) in [5, 5.41) is 0. The predicted octanol–water partition coefficient (Wildman–Crippen LogP) is 2.71.